The number of benzene rings is 2. The fourth-order valence-corrected chi connectivity index (χ4v) is 8.35. The SMILES string of the molecule is CNC(=O)c1c(NC(=O)c2ccc(S(=O)(=O)N(C)C3CCCCC3)cc2)sc2c1CCN(Cc1ccccc1)C2. The maximum Gasteiger partial charge on any atom is 0.256 e. The molecule has 1 aliphatic heterocycles. The summed E-state index contributed by atoms with van der Waals surface area (Å²) in [5.74, 6) is -0.606. The van der Waals surface area contributed by atoms with Gasteiger partial charge in [-0.3, -0.25) is 14.5 Å². The van der Waals surface area contributed by atoms with Crippen molar-refractivity contribution in [2.75, 3.05) is 26.0 Å². The Morgan fingerprint density at radius 2 is 1.70 bits per heavy atom. The number of nitrogens with zero attached hydrogens (tertiary/aromatic N) is 2. The number of carbonyl (C=O) groups excluding carboxylic acids is 2. The number of hydrogen-bond donors (Lipinski definition) is 2. The van der Waals surface area contributed by atoms with Crippen molar-refractivity contribution >= 4 is 38.2 Å². The first kappa shape index (κ1) is 28.5. The van der Waals surface area contributed by atoms with E-state index in [9.17, 15) is 18.0 Å². The van der Waals surface area contributed by atoms with Gasteiger partial charge in [-0.2, -0.15) is 4.31 Å². The summed E-state index contributed by atoms with van der Waals surface area (Å²) in [4.78, 5) is 29.7. The van der Waals surface area contributed by atoms with Crippen LogP contribution in [0.5, 0.6) is 0 Å². The third kappa shape index (κ3) is 6.00. The Balaban J connectivity index is 1.32. The summed E-state index contributed by atoms with van der Waals surface area (Å²) < 4.78 is 27.9. The first-order valence-electron chi connectivity index (χ1n) is 13.8. The van der Waals surface area contributed by atoms with Crippen LogP contribution in [-0.2, 0) is 29.5 Å². The van der Waals surface area contributed by atoms with Crippen molar-refractivity contribution in [3.8, 4) is 0 Å². The molecule has 0 saturated heterocycles. The van der Waals surface area contributed by atoms with Crippen LogP contribution in [0, 0.1) is 0 Å². The Hall–Kier alpha value is -3.05. The first-order valence-corrected chi connectivity index (χ1v) is 16.1. The number of fused-ring (bicyclic) bond motifs is 1. The average molecular weight is 581 g/mol. The van der Waals surface area contributed by atoms with E-state index in [1.165, 1.54) is 45.5 Å². The topological polar surface area (TPSA) is 98.8 Å². The molecule has 10 heteroatoms. The van der Waals surface area contributed by atoms with Crippen LogP contribution in [0.2, 0.25) is 0 Å². The molecule has 2 N–H and O–H groups in total. The third-order valence-corrected chi connectivity index (χ3v) is 11.0. The average Bonchev–Trinajstić information content (AvgIpc) is 3.34. The van der Waals surface area contributed by atoms with Gasteiger partial charge in [0.15, 0.2) is 0 Å². The number of thiophene rings is 1. The monoisotopic (exact) mass is 580 g/mol. The Kier molecular flexibility index (Phi) is 8.70. The number of anilines is 1. The Bertz CT molecular complexity index is 1460. The minimum absolute atomic E-state index is 0.0123. The van der Waals surface area contributed by atoms with E-state index in [1.807, 2.05) is 18.2 Å². The molecule has 1 aliphatic carbocycles. The van der Waals surface area contributed by atoms with Crippen molar-refractivity contribution in [2.45, 2.75) is 62.6 Å². The van der Waals surface area contributed by atoms with E-state index in [2.05, 4.69) is 27.7 Å². The molecule has 0 spiro atoms. The number of rotatable bonds is 8. The summed E-state index contributed by atoms with van der Waals surface area (Å²) in [5.41, 5.74) is 3.07. The highest BCUT2D eigenvalue weighted by Crippen LogP contribution is 2.38. The zero-order chi connectivity index (χ0) is 28.3. The number of hydrogen-bond acceptors (Lipinski definition) is 6. The van der Waals surface area contributed by atoms with Gasteiger partial charge in [0.05, 0.1) is 10.5 Å². The lowest BCUT2D eigenvalue weighted by Gasteiger charge is -2.30. The lowest BCUT2D eigenvalue weighted by Crippen LogP contribution is -2.38. The molecular weight excluding hydrogens is 544 g/mol. The van der Waals surface area contributed by atoms with Gasteiger partial charge in [0, 0.05) is 50.2 Å². The smallest absolute Gasteiger partial charge is 0.256 e. The number of nitrogens with one attached hydrogen (secondary N) is 2. The summed E-state index contributed by atoms with van der Waals surface area (Å²) >= 11 is 1.43. The van der Waals surface area contributed by atoms with Crippen LogP contribution < -0.4 is 10.6 Å². The predicted octanol–water partition coefficient (Wildman–Crippen LogP) is 4.87. The summed E-state index contributed by atoms with van der Waals surface area (Å²) in [5, 5.41) is 6.17. The molecule has 2 aliphatic rings. The van der Waals surface area contributed by atoms with Crippen molar-refractivity contribution in [3.63, 3.8) is 0 Å². The summed E-state index contributed by atoms with van der Waals surface area (Å²) in [6.45, 7) is 2.34. The van der Waals surface area contributed by atoms with Gasteiger partial charge >= 0.3 is 0 Å². The third-order valence-electron chi connectivity index (χ3n) is 7.95. The van der Waals surface area contributed by atoms with Crippen molar-refractivity contribution in [1.82, 2.24) is 14.5 Å². The zero-order valence-electron chi connectivity index (χ0n) is 23.0. The molecule has 1 aromatic heterocycles. The molecule has 0 unspecified atom stereocenters. The molecule has 2 aromatic carbocycles. The van der Waals surface area contributed by atoms with Gasteiger partial charge in [-0.05, 0) is 54.7 Å². The lowest BCUT2D eigenvalue weighted by atomic mass is 9.96. The van der Waals surface area contributed by atoms with Crippen LogP contribution in [0.15, 0.2) is 59.5 Å². The molecular formula is C30H36N4O4S2. The van der Waals surface area contributed by atoms with Crippen LogP contribution in [0.25, 0.3) is 0 Å². The standard InChI is InChI=1S/C30H36N4O4S2/c1-31-29(36)27-25-17-18-34(19-21-9-5-3-6-10-21)20-26(25)39-30(27)32-28(35)22-13-15-24(16-14-22)40(37,38)33(2)23-11-7-4-8-12-23/h3,5-6,9-10,13-16,23H,4,7-8,11-12,17-20H2,1-2H3,(H,31,36)(H,32,35). The van der Waals surface area contributed by atoms with Crippen molar-refractivity contribution in [1.29, 1.82) is 0 Å². The predicted molar refractivity (Wildman–Crippen MR) is 158 cm³/mol. The van der Waals surface area contributed by atoms with E-state index in [1.54, 1.807) is 14.1 Å². The van der Waals surface area contributed by atoms with Crippen LogP contribution in [0.3, 0.4) is 0 Å². The van der Waals surface area contributed by atoms with Gasteiger partial charge in [0.25, 0.3) is 11.8 Å². The quantitative estimate of drug-likeness (QED) is 0.396. The fourth-order valence-electron chi connectivity index (χ4n) is 5.65. The largest absolute Gasteiger partial charge is 0.355 e. The Morgan fingerprint density at radius 3 is 2.38 bits per heavy atom. The number of amides is 2. The number of sulfonamides is 1. The van der Waals surface area contributed by atoms with E-state index in [-0.39, 0.29) is 22.8 Å². The number of carbonyl (C=O) groups is 2. The van der Waals surface area contributed by atoms with E-state index >= 15 is 0 Å². The molecule has 0 radical (unpaired) electrons. The van der Waals surface area contributed by atoms with Crippen molar-refractivity contribution < 1.29 is 18.0 Å². The van der Waals surface area contributed by atoms with Crippen LogP contribution >= 0.6 is 11.3 Å². The highest BCUT2D eigenvalue weighted by atomic mass is 32.2. The van der Waals surface area contributed by atoms with E-state index in [4.69, 9.17) is 0 Å². The van der Waals surface area contributed by atoms with Gasteiger partial charge in [-0.25, -0.2) is 8.42 Å². The van der Waals surface area contributed by atoms with E-state index < -0.39 is 10.0 Å². The fraction of sp³-hybridized carbons (Fsp3) is 0.400. The molecule has 212 valence electrons. The minimum atomic E-state index is -3.65. The van der Waals surface area contributed by atoms with Gasteiger partial charge < -0.3 is 10.6 Å². The van der Waals surface area contributed by atoms with Gasteiger partial charge in [-0.15, -0.1) is 11.3 Å². The van der Waals surface area contributed by atoms with Crippen LogP contribution in [-0.4, -0.2) is 56.1 Å². The molecule has 1 fully saturated rings. The highest BCUT2D eigenvalue weighted by Gasteiger charge is 2.30. The lowest BCUT2D eigenvalue weighted by molar-refractivity contribution is 0.0962. The molecule has 0 atom stereocenters. The first-order chi connectivity index (χ1) is 19.3. The van der Waals surface area contributed by atoms with Gasteiger partial charge in [0.2, 0.25) is 10.0 Å². The zero-order valence-corrected chi connectivity index (χ0v) is 24.6. The summed E-state index contributed by atoms with van der Waals surface area (Å²) in [6, 6.07) is 16.3. The van der Waals surface area contributed by atoms with Crippen LogP contribution in [0.1, 0.15) is 68.8 Å². The second-order valence-corrected chi connectivity index (χ2v) is 13.6. The molecule has 2 heterocycles. The molecule has 3 aromatic rings. The molecule has 2 amide bonds. The molecule has 40 heavy (non-hydrogen) atoms. The molecule has 5 rings (SSSR count). The highest BCUT2D eigenvalue weighted by molar-refractivity contribution is 7.89. The van der Waals surface area contributed by atoms with Gasteiger partial charge in [-0.1, -0.05) is 49.6 Å². The van der Waals surface area contributed by atoms with Crippen molar-refractivity contribution in [3.05, 3.63) is 81.7 Å². The minimum Gasteiger partial charge on any atom is -0.355 e. The van der Waals surface area contributed by atoms with E-state index in [0.29, 0.717) is 22.7 Å². The van der Waals surface area contributed by atoms with Gasteiger partial charge in [0.1, 0.15) is 5.00 Å². The van der Waals surface area contributed by atoms with E-state index in [0.717, 1.165) is 62.1 Å². The van der Waals surface area contributed by atoms with Crippen LogP contribution in [0.4, 0.5) is 5.00 Å². The second kappa shape index (κ2) is 12.2. The Labute approximate surface area is 240 Å². The molecule has 8 nitrogen and oxygen atoms in total. The maximum atomic E-state index is 13.2. The molecule has 1 saturated carbocycles. The molecule has 0 bridgehead atoms. The maximum absolute atomic E-state index is 13.2. The summed E-state index contributed by atoms with van der Waals surface area (Å²) in [7, 11) is -0.411. The Morgan fingerprint density at radius 1 is 1.00 bits per heavy atom. The van der Waals surface area contributed by atoms with Crippen molar-refractivity contribution in [2.24, 2.45) is 0 Å². The summed E-state index contributed by atoms with van der Waals surface area (Å²) in [6.07, 6.45) is 5.70. The normalized spacial score (nSPS) is 16.5. The second-order valence-electron chi connectivity index (χ2n) is 10.5.